The molecule has 3 aromatic carbocycles. The summed E-state index contributed by atoms with van der Waals surface area (Å²) in [7, 11) is 3.40. The Hall–Kier alpha value is -4.29. The minimum absolute atomic E-state index is 0.149. The number of hydrogen-bond acceptors (Lipinski definition) is 6. The summed E-state index contributed by atoms with van der Waals surface area (Å²) in [5.74, 6) is 0.482. The molecule has 3 amide bonds. The van der Waals surface area contributed by atoms with Gasteiger partial charge in [-0.2, -0.15) is 13.2 Å². The number of aliphatic hydroxyl groups excluding tert-OH is 1. The first-order valence-electron chi connectivity index (χ1n) is 14.2. The largest absolute Gasteiger partial charge is 0.497 e. The first kappa shape index (κ1) is 32.6. The van der Waals surface area contributed by atoms with Crippen LogP contribution in [-0.2, 0) is 12.7 Å². The van der Waals surface area contributed by atoms with Crippen LogP contribution in [0.3, 0.4) is 0 Å². The number of nitrogens with zero attached hydrogens (tertiary/aromatic N) is 2. The normalized spacial score (nSPS) is 17.7. The molecule has 0 aliphatic carbocycles. The molecular weight excluding hydrogens is 577 g/mol. The zero-order valence-corrected chi connectivity index (χ0v) is 25.0. The van der Waals surface area contributed by atoms with Crippen molar-refractivity contribution in [3.8, 4) is 11.5 Å². The standard InChI is InChI=1S/C32H37F3N4O5/c1-20-16-39(21(2)19-40)30(41)27-15-25(37-31(42)36-24-9-12-26(43-4)13-10-24)11-14-28(27)44-29(20)18-38(3)17-22-5-7-23(8-6-22)32(33,34)35/h5-15,20-21,29,40H,16-19H2,1-4H3,(H2,36,37,42)/t20-,21+,29+/m0/s1. The summed E-state index contributed by atoms with van der Waals surface area (Å²) in [6.07, 6.45) is -4.79. The number of hydrogen-bond donors (Lipinski definition) is 3. The van der Waals surface area contributed by atoms with Crippen molar-refractivity contribution in [2.24, 2.45) is 5.92 Å². The summed E-state index contributed by atoms with van der Waals surface area (Å²) in [6, 6.07) is 15.7. The van der Waals surface area contributed by atoms with E-state index in [1.54, 1.807) is 61.4 Å². The molecule has 3 aromatic rings. The Morgan fingerprint density at radius 2 is 1.73 bits per heavy atom. The lowest BCUT2D eigenvalue weighted by molar-refractivity contribution is -0.137. The smallest absolute Gasteiger partial charge is 0.416 e. The first-order chi connectivity index (χ1) is 20.9. The van der Waals surface area contributed by atoms with Crippen molar-refractivity contribution in [3.05, 3.63) is 83.4 Å². The number of anilines is 2. The van der Waals surface area contributed by atoms with Crippen LogP contribution in [0.1, 0.15) is 35.3 Å². The monoisotopic (exact) mass is 614 g/mol. The third-order valence-electron chi connectivity index (χ3n) is 7.50. The number of alkyl halides is 3. The molecular formula is C32H37F3N4O5. The number of fused-ring (bicyclic) bond motifs is 1. The second kappa shape index (κ2) is 14.0. The Bertz CT molecular complexity index is 1430. The molecule has 1 aliphatic rings. The van der Waals surface area contributed by atoms with Crippen LogP contribution < -0.4 is 20.1 Å². The van der Waals surface area contributed by atoms with Crippen molar-refractivity contribution in [1.29, 1.82) is 0 Å². The Morgan fingerprint density at radius 1 is 1.09 bits per heavy atom. The molecule has 0 bridgehead atoms. The molecule has 0 spiro atoms. The fraction of sp³-hybridized carbons (Fsp3) is 0.375. The third-order valence-corrected chi connectivity index (χ3v) is 7.50. The topological polar surface area (TPSA) is 103 Å². The second-order valence-corrected chi connectivity index (χ2v) is 11.0. The molecule has 0 radical (unpaired) electrons. The predicted molar refractivity (Wildman–Crippen MR) is 161 cm³/mol. The van der Waals surface area contributed by atoms with E-state index in [1.807, 2.05) is 18.9 Å². The minimum Gasteiger partial charge on any atom is -0.497 e. The van der Waals surface area contributed by atoms with Gasteiger partial charge in [0.15, 0.2) is 0 Å². The van der Waals surface area contributed by atoms with Gasteiger partial charge < -0.3 is 30.1 Å². The van der Waals surface area contributed by atoms with E-state index in [4.69, 9.17) is 9.47 Å². The summed E-state index contributed by atoms with van der Waals surface area (Å²) in [5.41, 5.74) is 1.16. The molecule has 0 aromatic heterocycles. The Balaban J connectivity index is 1.52. The van der Waals surface area contributed by atoms with Gasteiger partial charge in [-0.25, -0.2) is 4.79 Å². The summed E-state index contributed by atoms with van der Waals surface area (Å²) in [6.45, 7) is 4.57. The summed E-state index contributed by atoms with van der Waals surface area (Å²) >= 11 is 0. The zero-order valence-electron chi connectivity index (χ0n) is 25.0. The van der Waals surface area contributed by atoms with E-state index in [0.29, 0.717) is 48.1 Å². The van der Waals surface area contributed by atoms with Crippen molar-refractivity contribution >= 4 is 23.3 Å². The lowest BCUT2D eigenvalue weighted by Gasteiger charge is -2.38. The van der Waals surface area contributed by atoms with Gasteiger partial charge in [0.05, 0.1) is 30.9 Å². The molecule has 1 aliphatic heterocycles. The number of carbonyl (C=O) groups is 2. The van der Waals surface area contributed by atoms with Crippen LogP contribution in [0.25, 0.3) is 0 Å². The molecule has 236 valence electrons. The second-order valence-electron chi connectivity index (χ2n) is 11.0. The Morgan fingerprint density at radius 3 is 2.34 bits per heavy atom. The molecule has 9 nitrogen and oxygen atoms in total. The number of benzene rings is 3. The number of carbonyl (C=O) groups excluding carboxylic acids is 2. The molecule has 12 heteroatoms. The number of aliphatic hydroxyl groups is 1. The minimum atomic E-state index is -4.40. The summed E-state index contributed by atoms with van der Waals surface area (Å²) < 4.78 is 50.4. The molecule has 0 saturated heterocycles. The SMILES string of the molecule is COc1ccc(NC(=O)Nc2ccc3c(c2)C(=O)N([C@H](C)CO)C[C@H](C)[C@@H](CN(C)Cc2ccc(C(F)(F)F)cc2)O3)cc1. The maximum atomic E-state index is 13.7. The fourth-order valence-electron chi connectivity index (χ4n) is 4.97. The number of ether oxygens (including phenoxy) is 2. The molecule has 0 fully saturated rings. The molecule has 3 N–H and O–H groups in total. The number of rotatable bonds is 9. The summed E-state index contributed by atoms with van der Waals surface area (Å²) in [5, 5.41) is 15.4. The third kappa shape index (κ3) is 8.20. The quantitative estimate of drug-likeness (QED) is 0.285. The van der Waals surface area contributed by atoms with Crippen LogP contribution in [0.2, 0.25) is 0 Å². The highest BCUT2D eigenvalue weighted by atomic mass is 19.4. The van der Waals surface area contributed by atoms with Crippen molar-refractivity contribution in [2.75, 3.05) is 44.5 Å². The van der Waals surface area contributed by atoms with Crippen LogP contribution in [0.4, 0.5) is 29.3 Å². The lowest BCUT2D eigenvalue weighted by atomic mass is 9.99. The van der Waals surface area contributed by atoms with E-state index in [-0.39, 0.29) is 24.0 Å². The van der Waals surface area contributed by atoms with Gasteiger partial charge in [-0.3, -0.25) is 9.69 Å². The molecule has 4 rings (SSSR count). The van der Waals surface area contributed by atoms with E-state index in [0.717, 1.165) is 12.1 Å². The van der Waals surface area contributed by atoms with Gasteiger partial charge in [0.2, 0.25) is 0 Å². The van der Waals surface area contributed by atoms with Crippen LogP contribution in [-0.4, -0.2) is 72.8 Å². The number of nitrogens with one attached hydrogen (secondary N) is 2. The first-order valence-corrected chi connectivity index (χ1v) is 14.2. The van der Waals surface area contributed by atoms with E-state index in [2.05, 4.69) is 10.6 Å². The predicted octanol–water partition coefficient (Wildman–Crippen LogP) is 5.71. The maximum Gasteiger partial charge on any atom is 0.416 e. The average Bonchev–Trinajstić information content (AvgIpc) is 2.99. The highest BCUT2D eigenvalue weighted by Gasteiger charge is 2.34. The molecule has 0 unspecified atom stereocenters. The molecule has 0 saturated carbocycles. The Kier molecular flexibility index (Phi) is 10.4. The fourth-order valence-corrected chi connectivity index (χ4v) is 4.97. The Labute approximate surface area is 254 Å². The van der Waals surface area contributed by atoms with Crippen LogP contribution >= 0.6 is 0 Å². The average molecular weight is 615 g/mol. The zero-order chi connectivity index (χ0) is 32.0. The molecule has 1 heterocycles. The van der Waals surface area contributed by atoms with Crippen LogP contribution in [0, 0.1) is 5.92 Å². The van der Waals surface area contributed by atoms with Crippen molar-refractivity contribution < 1.29 is 37.3 Å². The molecule has 44 heavy (non-hydrogen) atoms. The molecule has 3 atom stereocenters. The van der Waals surface area contributed by atoms with Crippen molar-refractivity contribution in [3.63, 3.8) is 0 Å². The number of halogens is 3. The number of amides is 3. The number of methoxy groups -OCH3 is 1. The highest BCUT2D eigenvalue weighted by molar-refractivity contribution is 6.02. The van der Waals surface area contributed by atoms with E-state index in [9.17, 15) is 27.9 Å². The van der Waals surface area contributed by atoms with Gasteiger partial charge >= 0.3 is 12.2 Å². The van der Waals surface area contributed by atoms with Gasteiger partial charge in [-0.05, 0) is 74.1 Å². The van der Waals surface area contributed by atoms with Crippen LogP contribution in [0.5, 0.6) is 11.5 Å². The van der Waals surface area contributed by atoms with E-state index >= 15 is 0 Å². The van der Waals surface area contributed by atoms with Gasteiger partial charge in [0.25, 0.3) is 5.91 Å². The van der Waals surface area contributed by atoms with Gasteiger partial charge in [-0.1, -0.05) is 19.1 Å². The summed E-state index contributed by atoms with van der Waals surface area (Å²) in [4.78, 5) is 29.9. The number of likely N-dealkylation sites (N-methyl/N-ethyl adjacent to an activating group) is 1. The lowest BCUT2D eigenvalue weighted by Crippen LogP contribution is -2.49. The highest BCUT2D eigenvalue weighted by Crippen LogP contribution is 2.32. The van der Waals surface area contributed by atoms with Gasteiger partial charge in [-0.15, -0.1) is 0 Å². The van der Waals surface area contributed by atoms with Crippen molar-refractivity contribution in [2.45, 2.75) is 38.7 Å². The van der Waals surface area contributed by atoms with Gasteiger partial charge in [0, 0.05) is 36.9 Å². The maximum absolute atomic E-state index is 13.7. The number of urea groups is 1. The van der Waals surface area contributed by atoms with E-state index in [1.165, 1.54) is 12.1 Å². The van der Waals surface area contributed by atoms with Gasteiger partial charge in [0.1, 0.15) is 17.6 Å². The van der Waals surface area contributed by atoms with Crippen molar-refractivity contribution in [1.82, 2.24) is 9.80 Å². The van der Waals surface area contributed by atoms with E-state index < -0.39 is 29.9 Å². The van der Waals surface area contributed by atoms with Crippen LogP contribution in [0.15, 0.2) is 66.7 Å².